The Morgan fingerprint density at radius 3 is 1.64 bits per heavy atom. The van der Waals surface area contributed by atoms with Crippen LogP contribution in [0, 0.1) is 0 Å². The molecule has 0 rings (SSSR count). The van der Waals surface area contributed by atoms with Crippen LogP contribution in [0.3, 0.4) is 0 Å². The van der Waals surface area contributed by atoms with Gasteiger partial charge >= 0.3 is 6.03 Å². The quantitative estimate of drug-likeness (QED) is 0.0867. The second-order valence-corrected chi connectivity index (χ2v) is 12.5. The number of hydrogen-bond acceptors (Lipinski definition) is 5. The molecule has 216 valence electrons. The fourth-order valence-corrected chi connectivity index (χ4v) is 4.54. The van der Waals surface area contributed by atoms with E-state index < -0.39 is 7.82 Å². The molecule has 0 aliphatic rings. The normalized spacial score (nSPS) is 13.5. The summed E-state index contributed by atoms with van der Waals surface area (Å²) in [4.78, 5) is 25.3. The molecule has 9 heteroatoms. The zero-order valence-corrected chi connectivity index (χ0v) is 25.1. The number of nitrogens with one attached hydrogen (secondary N) is 1. The number of carbonyl (C=O) groups excluding carboxylic acids is 1. The van der Waals surface area contributed by atoms with E-state index in [-0.39, 0.29) is 25.8 Å². The van der Waals surface area contributed by atoms with Gasteiger partial charge in [0.15, 0.2) is 0 Å². The van der Waals surface area contributed by atoms with Crippen LogP contribution in [0.1, 0.15) is 110 Å². The number of likely N-dealkylation sites (N-methyl/N-ethyl adjacent to an activating group) is 2. The molecule has 0 heterocycles. The third-order valence-electron chi connectivity index (χ3n) is 6.34. The molecule has 1 unspecified atom stereocenters. The molecule has 1 N–H and O–H groups in total. The van der Waals surface area contributed by atoms with Gasteiger partial charge in [-0.2, -0.15) is 0 Å². The topological polar surface area (TPSA) is 90.9 Å². The first-order valence-electron chi connectivity index (χ1n) is 14.5. The Kier molecular flexibility index (Phi) is 21.9. The van der Waals surface area contributed by atoms with Crippen molar-refractivity contribution in [1.82, 2.24) is 10.2 Å². The molecule has 0 aromatic heterocycles. The van der Waals surface area contributed by atoms with Gasteiger partial charge in [0.2, 0.25) is 0 Å². The average Bonchev–Trinajstić information content (AvgIpc) is 2.79. The predicted molar refractivity (Wildman–Crippen MR) is 148 cm³/mol. The molecule has 0 radical (unpaired) electrons. The van der Waals surface area contributed by atoms with Crippen molar-refractivity contribution < 1.29 is 27.8 Å². The van der Waals surface area contributed by atoms with Crippen LogP contribution in [0.4, 0.5) is 4.79 Å². The average molecular weight is 536 g/mol. The zero-order valence-electron chi connectivity index (χ0n) is 24.2. The monoisotopic (exact) mass is 535 g/mol. The molecule has 0 saturated carbocycles. The summed E-state index contributed by atoms with van der Waals surface area (Å²) in [5.74, 6) is 0. The molecule has 1 atom stereocenters. The van der Waals surface area contributed by atoms with E-state index >= 15 is 0 Å². The lowest BCUT2D eigenvalue weighted by Crippen LogP contribution is -2.39. The van der Waals surface area contributed by atoms with E-state index in [0.29, 0.717) is 17.6 Å². The van der Waals surface area contributed by atoms with Crippen LogP contribution in [0.15, 0.2) is 0 Å². The van der Waals surface area contributed by atoms with Crippen molar-refractivity contribution in [2.45, 2.75) is 110 Å². The highest BCUT2D eigenvalue weighted by molar-refractivity contribution is 7.45. The van der Waals surface area contributed by atoms with Gasteiger partial charge in [0, 0.05) is 20.1 Å². The van der Waals surface area contributed by atoms with E-state index in [9.17, 15) is 14.3 Å². The van der Waals surface area contributed by atoms with Gasteiger partial charge in [-0.25, -0.2) is 4.79 Å². The van der Waals surface area contributed by atoms with Crippen molar-refractivity contribution in [2.24, 2.45) is 0 Å². The summed E-state index contributed by atoms with van der Waals surface area (Å²) in [5, 5.41) is 2.88. The molecular formula is C27H58N3O5P. The Balaban J connectivity index is 3.51. The molecule has 0 aliphatic carbocycles. The first-order chi connectivity index (χ1) is 17.1. The molecule has 0 aromatic rings. The number of nitrogens with zero attached hydrogens (tertiary/aromatic N) is 2. The molecule has 0 aliphatic heterocycles. The Bertz CT molecular complexity index is 572. The van der Waals surface area contributed by atoms with Gasteiger partial charge in [-0.05, 0) is 6.42 Å². The van der Waals surface area contributed by atoms with Crippen molar-refractivity contribution in [3.05, 3.63) is 0 Å². The summed E-state index contributed by atoms with van der Waals surface area (Å²) in [7, 11) is 3.14. The second-order valence-electron chi connectivity index (χ2n) is 11.1. The van der Waals surface area contributed by atoms with Gasteiger partial charge < -0.3 is 28.6 Å². The second kappa shape index (κ2) is 22.3. The number of quaternary nitrogens is 1. The predicted octanol–water partition coefficient (Wildman–Crippen LogP) is 6.10. The molecule has 8 nitrogen and oxygen atoms in total. The highest BCUT2D eigenvalue weighted by Crippen LogP contribution is 2.37. The Hall–Kier alpha value is -0.660. The maximum absolute atomic E-state index is 12.1. The number of carbonyl (C=O) groups is 1. The highest BCUT2D eigenvalue weighted by Gasteiger charge is 2.14. The summed E-state index contributed by atoms with van der Waals surface area (Å²) in [6.07, 6.45) is 21.2. The van der Waals surface area contributed by atoms with Gasteiger partial charge in [-0.3, -0.25) is 4.57 Å². The van der Waals surface area contributed by atoms with Crippen LogP contribution in [0.25, 0.3) is 0 Å². The summed E-state index contributed by atoms with van der Waals surface area (Å²) >= 11 is 0. The van der Waals surface area contributed by atoms with Crippen molar-refractivity contribution >= 4 is 13.9 Å². The van der Waals surface area contributed by atoms with Crippen molar-refractivity contribution in [1.29, 1.82) is 0 Å². The molecule has 0 fully saturated rings. The largest absolute Gasteiger partial charge is 0.756 e. The maximum Gasteiger partial charge on any atom is 0.317 e. The summed E-state index contributed by atoms with van der Waals surface area (Å²) in [6, 6.07) is -0.216. The third-order valence-corrected chi connectivity index (χ3v) is 7.34. The van der Waals surface area contributed by atoms with E-state index in [2.05, 4.69) is 12.2 Å². The minimum Gasteiger partial charge on any atom is -0.756 e. The minimum absolute atomic E-state index is 0.0694. The maximum atomic E-state index is 12.1. The van der Waals surface area contributed by atoms with Crippen molar-refractivity contribution in [3.63, 3.8) is 0 Å². The molecule has 0 aromatic carbocycles. The standard InChI is InChI=1S/C27H58N3O5P/c1-6-7-8-9-10-11-12-13-14-15-16-17-18-19-20-21-22-28-27(31)29(2)23-25-34-36(32,33)35-26-24-30(3,4)5/h6-26H2,1-5H3,(H-,28,31,32,33). The van der Waals surface area contributed by atoms with Crippen LogP contribution in [-0.2, 0) is 13.6 Å². The first kappa shape index (κ1) is 35.3. The lowest BCUT2D eigenvalue weighted by atomic mass is 10.0. The highest BCUT2D eigenvalue weighted by atomic mass is 31.2. The number of hydrogen-bond donors (Lipinski definition) is 1. The van der Waals surface area contributed by atoms with E-state index in [1.807, 2.05) is 21.1 Å². The summed E-state index contributed by atoms with van der Waals surface area (Å²) in [5.41, 5.74) is 0. The lowest BCUT2D eigenvalue weighted by Gasteiger charge is -2.27. The van der Waals surface area contributed by atoms with Gasteiger partial charge in [-0.1, -0.05) is 103 Å². The number of rotatable bonds is 25. The van der Waals surface area contributed by atoms with Crippen LogP contribution < -0.4 is 10.2 Å². The van der Waals surface area contributed by atoms with Gasteiger partial charge in [0.05, 0.1) is 27.7 Å². The molecule has 36 heavy (non-hydrogen) atoms. The van der Waals surface area contributed by atoms with E-state index in [1.165, 1.54) is 94.8 Å². The smallest absolute Gasteiger partial charge is 0.317 e. The third kappa shape index (κ3) is 25.0. The van der Waals surface area contributed by atoms with Crippen LogP contribution in [-0.4, -0.2) is 76.5 Å². The fraction of sp³-hybridized carbons (Fsp3) is 0.963. The number of amides is 2. The van der Waals surface area contributed by atoms with E-state index in [1.54, 1.807) is 7.05 Å². The fourth-order valence-electron chi connectivity index (χ4n) is 3.86. The summed E-state index contributed by atoms with van der Waals surface area (Å²) in [6.45, 7) is 3.59. The van der Waals surface area contributed by atoms with Crippen LogP contribution in [0.2, 0.25) is 0 Å². The molecule has 0 bridgehead atoms. The SMILES string of the molecule is CCCCCCCCCCCCCCCCCCNC(=O)N(C)CCOP(=O)([O-])OCC[N+](C)(C)C. The first-order valence-corrected chi connectivity index (χ1v) is 15.9. The Morgan fingerprint density at radius 1 is 0.778 bits per heavy atom. The van der Waals surface area contributed by atoms with Crippen molar-refractivity contribution in [3.8, 4) is 0 Å². The van der Waals surface area contributed by atoms with E-state index in [4.69, 9.17) is 9.05 Å². The van der Waals surface area contributed by atoms with E-state index in [0.717, 1.165) is 12.8 Å². The van der Waals surface area contributed by atoms with Crippen LogP contribution in [0.5, 0.6) is 0 Å². The summed E-state index contributed by atoms with van der Waals surface area (Å²) < 4.78 is 22.1. The number of urea groups is 1. The molecule has 2 amide bonds. The molecule has 0 saturated heterocycles. The van der Waals surface area contributed by atoms with Gasteiger partial charge in [0.25, 0.3) is 7.82 Å². The zero-order chi connectivity index (χ0) is 27.1. The van der Waals surface area contributed by atoms with Gasteiger partial charge in [0.1, 0.15) is 13.2 Å². The van der Waals surface area contributed by atoms with Gasteiger partial charge in [-0.15, -0.1) is 0 Å². The Labute approximate surface area is 222 Å². The number of unbranched alkanes of at least 4 members (excludes halogenated alkanes) is 15. The number of phosphoric ester groups is 1. The van der Waals surface area contributed by atoms with Crippen molar-refractivity contribution in [2.75, 3.05) is 61.0 Å². The minimum atomic E-state index is -4.34. The molecule has 0 spiro atoms. The number of phosphoric acid groups is 1. The molecular weight excluding hydrogens is 477 g/mol. The lowest BCUT2D eigenvalue weighted by molar-refractivity contribution is -0.870. The van der Waals surface area contributed by atoms with Crippen LogP contribution >= 0.6 is 7.82 Å². The Morgan fingerprint density at radius 2 is 1.19 bits per heavy atom.